The molecule has 0 saturated carbocycles. The van der Waals surface area contributed by atoms with Crippen molar-refractivity contribution in [3.63, 3.8) is 0 Å². The Balaban J connectivity index is 2.43. The Morgan fingerprint density at radius 2 is 2.27 bits per heavy atom. The molecule has 0 fully saturated rings. The average Bonchev–Trinajstić information content (AvgIpc) is 2.71. The van der Waals surface area contributed by atoms with E-state index in [1.165, 1.54) is 12.1 Å². The van der Waals surface area contributed by atoms with Gasteiger partial charge in [-0.2, -0.15) is 0 Å². The highest BCUT2D eigenvalue weighted by Gasteiger charge is 2.06. The maximum Gasteiger partial charge on any atom is 0.0462 e. The number of methoxy groups -OCH3 is 1. The molecular weight excluding hydrogens is 188 g/mol. The summed E-state index contributed by atoms with van der Waals surface area (Å²) in [4.78, 5) is 0. The van der Waals surface area contributed by atoms with Gasteiger partial charge in [0.05, 0.1) is 0 Å². The van der Waals surface area contributed by atoms with E-state index in [0.717, 1.165) is 19.6 Å². The summed E-state index contributed by atoms with van der Waals surface area (Å²) >= 11 is 0. The highest BCUT2D eigenvalue weighted by atomic mass is 16.5. The minimum Gasteiger partial charge on any atom is -0.385 e. The van der Waals surface area contributed by atoms with Crippen LogP contribution in [-0.4, -0.2) is 25.3 Å². The molecule has 1 heterocycles. The molecule has 0 bridgehead atoms. The Labute approximate surface area is 92.4 Å². The van der Waals surface area contributed by atoms with Gasteiger partial charge in [0.2, 0.25) is 0 Å². The second kappa shape index (κ2) is 6.64. The lowest BCUT2D eigenvalue weighted by Crippen LogP contribution is -2.16. The van der Waals surface area contributed by atoms with Crippen molar-refractivity contribution < 1.29 is 4.74 Å². The minimum absolute atomic E-state index is 0.419. The van der Waals surface area contributed by atoms with Crippen LogP contribution in [0.5, 0.6) is 0 Å². The van der Waals surface area contributed by atoms with E-state index in [2.05, 4.69) is 35.1 Å². The zero-order chi connectivity index (χ0) is 11.1. The summed E-state index contributed by atoms with van der Waals surface area (Å²) in [7, 11) is 3.75. The quantitative estimate of drug-likeness (QED) is 0.698. The smallest absolute Gasteiger partial charge is 0.0462 e. The van der Waals surface area contributed by atoms with E-state index >= 15 is 0 Å². The lowest BCUT2D eigenvalue weighted by Gasteiger charge is -2.14. The Morgan fingerprint density at radius 1 is 1.47 bits per heavy atom. The van der Waals surface area contributed by atoms with E-state index in [4.69, 9.17) is 4.74 Å². The number of hydrogen-bond acceptors (Lipinski definition) is 2. The summed E-state index contributed by atoms with van der Waals surface area (Å²) in [5.41, 5.74) is 1.36. The molecule has 0 aromatic carbocycles. The standard InChI is InChI=1S/C12H22N2O/c1-11(13-2)12-7-6-9-14(12)8-4-5-10-15-3/h6-7,9,11,13H,4-5,8,10H2,1-3H3. The van der Waals surface area contributed by atoms with Gasteiger partial charge in [0, 0.05) is 38.2 Å². The number of unbranched alkanes of at least 4 members (excludes halogenated alkanes) is 1. The third-order valence-corrected chi connectivity index (χ3v) is 2.74. The van der Waals surface area contributed by atoms with Crippen molar-refractivity contribution in [2.75, 3.05) is 20.8 Å². The first-order chi connectivity index (χ1) is 7.29. The van der Waals surface area contributed by atoms with Crippen molar-refractivity contribution in [1.29, 1.82) is 0 Å². The summed E-state index contributed by atoms with van der Waals surface area (Å²) in [5.74, 6) is 0. The zero-order valence-corrected chi connectivity index (χ0v) is 9.99. The Morgan fingerprint density at radius 3 is 2.93 bits per heavy atom. The van der Waals surface area contributed by atoms with E-state index in [9.17, 15) is 0 Å². The fourth-order valence-electron chi connectivity index (χ4n) is 1.70. The van der Waals surface area contributed by atoms with Crippen LogP contribution in [0.1, 0.15) is 31.5 Å². The molecule has 0 spiro atoms. The molecule has 3 heteroatoms. The predicted octanol–water partition coefficient (Wildman–Crippen LogP) is 2.20. The largest absolute Gasteiger partial charge is 0.385 e. The third-order valence-electron chi connectivity index (χ3n) is 2.74. The highest BCUT2D eigenvalue weighted by molar-refractivity contribution is 5.11. The van der Waals surface area contributed by atoms with Crippen LogP contribution in [0.4, 0.5) is 0 Å². The molecule has 0 radical (unpaired) electrons. The molecule has 1 rings (SSSR count). The lowest BCUT2D eigenvalue weighted by molar-refractivity contribution is 0.191. The summed E-state index contributed by atoms with van der Waals surface area (Å²) in [6.45, 7) is 4.12. The van der Waals surface area contributed by atoms with Crippen LogP contribution >= 0.6 is 0 Å². The molecule has 15 heavy (non-hydrogen) atoms. The highest BCUT2D eigenvalue weighted by Crippen LogP contribution is 2.13. The van der Waals surface area contributed by atoms with Crippen molar-refractivity contribution in [1.82, 2.24) is 9.88 Å². The number of hydrogen-bond donors (Lipinski definition) is 1. The molecule has 0 saturated heterocycles. The first-order valence-electron chi connectivity index (χ1n) is 5.60. The van der Waals surface area contributed by atoms with Crippen LogP contribution < -0.4 is 5.32 Å². The maximum atomic E-state index is 5.04. The summed E-state index contributed by atoms with van der Waals surface area (Å²) in [6, 6.07) is 4.71. The fourth-order valence-corrected chi connectivity index (χ4v) is 1.70. The number of nitrogens with zero attached hydrogens (tertiary/aromatic N) is 1. The molecule has 86 valence electrons. The zero-order valence-electron chi connectivity index (χ0n) is 9.99. The minimum atomic E-state index is 0.419. The van der Waals surface area contributed by atoms with Crippen molar-refractivity contribution in [2.24, 2.45) is 0 Å². The normalized spacial score (nSPS) is 13.0. The van der Waals surface area contributed by atoms with Gasteiger partial charge >= 0.3 is 0 Å². The molecule has 0 aliphatic heterocycles. The van der Waals surface area contributed by atoms with Crippen LogP contribution in [-0.2, 0) is 11.3 Å². The van der Waals surface area contributed by atoms with Crippen LogP contribution in [0, 0.1) is 0 Å². The molecule has 1 unspecified atom stereocenters. The number of aryl methyl sites for hydroxylation is 1. The number of ether oxygens (including phenoxy) is 1. The number of rotatable bonds is 7. The summed E-state index contributed by atoms with van der Waals surface area (Å²) in [5, 5.41) is 3.26. The third kappa shape index (κ3) is 3.68. The van der Waals surface area contributed by atoms with Gasteiger partial charge in [0.15, 0.2) is 0 Å². The monoisotopic (exact) mass is 210 g/mol. The van der Waals surface area contributed by atoms with Gasteiger partial charge in [-0.15, -0.1) is 0 Å². The Kier molecular flexibility index (Phi) is 5.43. The topological polar surface area (TPSA) is 26.2 Å². The van der Waals surface area contributed by atoms with Gasteiger partial charge in [-0.05, 0) is 38.9 Å². The molecule has 1 N–H and O–H groups in total. The van der Waals surface area contributed by atoms with Crippen LogP contribution in [0.25, 0.3) is 0 Å². The predicted molar refractivity (Wildman–Crippen MR) is 63.0 cm³/mol. The van der Waals surface area contributed by atoms with Gasteiger partial charge in [-0.1, -0.05) is 0 Å². The van der Waals surface area contributed by atoms with Gasteiger partial charge in [-0.3, -0.25) is 0 Å². The van der Waals surface area contributed by atoms with Gasteiger partial charge in [-0.25, -0.2) is 0 Å². The molecule has 1 aromatic rings. The van der Waals surface area contributed by atoms with Gasteiger partial charge in [0.25, 0.3) is 0 Å². The van der Waals surface area contributed by atoms with Gasteiger partial charge in [0.1, 0.15) is 0 Å². The van der Waals surface area contributed by atoms with Crippen LogP contribution in [0.2, 0.25) is 0 Å². The van der Waals surface area contributed by atoms with Crippen molar-refractivity contribution in [3.8, 4) is 0 Å². The van der Waals surface area contributed by atoms with E-state index in [1.807, 2.05) is 7.05 Å². The SMILES string of the molecule is CNC(C)c1cccn1CCCCOC. The molecule has 1 aromatic heterocycles. The molecule has 0 amide bonds. The second-order valence-corrected chi connectivity index (χ2v) is 3.84. The molecule has 0 aliphatic rings. The second-order valence-electron chi connectivity index (χ2n) is 3.84. The summed E-state index contributed by atoms with van der Waals surface area (Å²) in [6.07, 6.45) is 4.45. The molecular formula is C12H22N2O. The lowest BCUT2D eigenvalue weighted by atomic mass is 10.2. The van der Waals surface area contributed by atoms with Crippen LogP contribution in [0.3, 0.4) is 0 Å². The van der Waals surface area contributed by atoms with Crippen molar-refractivity contribution >= 4 is 0 Å². The molecule has 3 nitrogen and oxygen atoms in total. The van der Waals surface area contributed by atoms with E-state index in [0.29, 0.717) is 6.04 Å². The fraction of sp³-hybridized carbons (Fsp3) is 0.667. The first kappa shape index (κ1) is 12.3. The van der Waals surface area contributed by atoms with E-state index in [1.54, 1.807) is 7.11 Å². The van der Waals surface area contributed by atoms with E-state index < -0.39 is 0 Å². The Bertz CT molecular complexity index is 270. The van der Waals surface area contributed by atoms with Crippen molar-refractivity contribution in [3.05, 3.63) is 24.0 Å². The maximum absolute atomic E-state index is 5.04. The van der Waals surface area contributed by atoms with Gasteiger partial charge < -0.3 is 14.6 Å². The average molecular weight is 210 g/mol. The molecule has 1 atom stereocenters. The number of nitrogens with one attached hydrogen (secondary N) is 1. The summed E-state index contributed by atoms with van der Waals surface area (Å²) < 4.78 is 7.35. The van der Waals surface area contributed by atoms with Crippen LogP contribution in [0.15, 0.2) is 18.3 Å². The Hall–Kier alpha value is -0.800. The first-order valence-corrected chi connectivity index (χ1v) is 5.60. The molecule has 0 aliphatic carbocycles. The van der Waals surface area contributed by atoms with Crippen molar-refractivity contribution in [2.45, 2.75) is 32.4 Å². The van der Waals surface area contributed by atoms with E-state index in [-0.39, 0.29) is 0 Å². The number of aromatic nitrogens is 1.